The number of benzene rings is 2. The summed E-state index contributed by atoms with van der Waals surface area (Å²) in [6, 6.07) is 23.5. The molecule has 2 aromatic carbocycles. The topological polar surface area (TPSA) is 80.5 Å². The Kier molecular flexibility index (Phi) is 6.60. The van der Waals surface area contributed by atoms with Gasteiger partial charge in [-0.05, 0) is 78.6 Å². The number of hydrogen-bond acceptors (Lipinski definition) is 6. The van der Waals surface area contributed by atoms with E-state index in [-0.39, 0.29) is 11.3 Å². The van der Waals surface area contributed by atoms with Crippen LogP contribution in [0.1, 0.15) is 48.2 Å². The first kappa shape index (κ1) is 25.0. The molecule has 3 atom stereocenters. The number of aromatic nitrogens is 2. The molecule has 204 valence electrons. The predicted octanol–water partition coefficient (Wildman–Crippen LogP) is 5.35. The third-order valence-corrected chi connectivity index (χ3v) is 9.03. The highest BCUT2D eigenvalue weighted by Crippen LogP contribution is 2.60. The molecule has 2 bridgehead atoms. The molecule has 7 rings (SSSR count). The van der Waals surface area contributed by atoms with Gasteiger partial charge in [0, 0.05) is 36.8 Å². The minimum atomic E-state index is 0.0253. The molecule has 2 saturated carbocycles. The molecular formula is C33H34N4O3. The molecule has 7 heteroatoms. The van der Waals surface area contributed by atoms with Crippen LogP contribution >= 0.6 is 0 Å². The van der Waals surface area contributed by atoms with Crippen LogP contribution in [0.25, 0.3) is 11.5 Å². The van der Waals surface area contributed by atoms with E-state index in [0.717, 1.165) is 35.2 Å². The van der Waals surface area contributed by atoms with E-state index in [4.69, 9.17) is 14.1 Å². The van der Waals surface area contributed by atoms with Crippen molar-refractivity contribution < 1.29 is 13.9 Å². The zero-order valence-electron chi connectivity index (χ0n) is 22.6. The highest BCUT2D eigenvalue weighted by molar-refractivity contribution is 5.78. The highest BCUT2D eigenvalue weighted by atomic mass is 16.5. The summed E-state index contributed by atoms with van der Waals surface area (Å²) in [6.07, 6.45) is 8.62. The summed E-state index contributed by atoms with van der Waals surface area (Å²) in [7, 11) is 0. The van der Waals surface area contributed by atoms with E-state index in [2.05, 4.69) is 63.7 Å². The summed E-state index contributed by atoms with van der Waals surface area (Å²) in [4.78, 5) is 22.9. The number of nitrogens with one attached hydrogen (secondary N) is 1. The van der Waals surface area contributed by atoms with E-state index >= 15 is 0 Å². The van der Waals surface area contributed by atoms with Gasteiger partial charge in [-0.15, -0.1) is 0 Å². The molecule has 2 aromatic heterocycles. The lowest BCUT2D eigenvalue weighted by Crippen LogP contribution is -2.47. The summed E-state index contributed by atoms with van der Waals surface area (Å²) in [5.74, 6) is 2.99. The number of nitrogens with zero attached hydrogens (tertiary/aromatic N) is 3. The van der Waals surface area contributed by atoms with Crippen molar-refractivity contribution >= 4 is 5.91 Å². The fourth-order valence-corrected chi connectivity index (χ4v) is 7.17. The van der Waals surface area contributed by atoms with Gasteiger partial charge in [-0.3, -0.25) is 14.7 Å². The zero-order valence-corrected chi connectivity index (χ0v) is 22.6. The number of oxazole rings is 1. The summed E-state index contributed by atoms with van der Waals surface area (Å²) < 4.78 is 11.9. The second-order valence-electron chi connectivity index (χ2n) is 11.5. The van der Waals surface area contributed by atoms with Crippen LogP contribution in [-0.2, 0) is 23.4 Å². The average Bonchev–Trinajstić information content (AvgIpc) is 3.75. The van der Waals surface area contributed by atoms with Crippen molar-refractivity contribution in [2.45, 2.75) is 44.2 Å². The molecule has 4 aromatic rings. The lowest BCUT2D eigenvalue weighted by atomic mass is 9.64. The molecule has 2 aliphatic carbocycles. The van der Waals surface area contributed by atoms with Crippen molar-refractivity contribution in [1.82, 2.24) is 20.2 Å². The van der Waals surface area contributed by atoms with Crippen molar-refractivity contribution in [3.05, 3.63) is 102 Å². The van der Waals surface area contributed by atoms with Crippen LogP contribution in [0.15, 0.2) is 83.6 Å². The van der Waals surface area contributed by atoms with Crippen LogP contribution in [0.3, 0.4) is 0 Å². The van der Waals surface area contributed by atoms with E-state index < -0.39 is 0 Å². The van der Waals surface area contributed by atoms with E-state index in [1.807, 2.05) is 18.2 Å². The van der Waals surface area contributed by atoms with E-state index in [1.165, 1.54) is 36.8 Å². The van der Waals surface area contributed by atoms with Crippen LogP contribution in [-0.4, -0.2) is 40.4 Å². The second-order valence-corrected chi connectivity index (χ2v) is 11.5. The highest BCUT2D eigenvalue weighted by Gasteiger charge is 2.52. The van der Waals surface area contributed by atoms with Crippen LogP contribution in [0.5, 0.6) is 5.75 Å². The Balaban J connectivity index is 1.10. The number of carbonyl (C=O) groups is 1. The Hall–Kier alpha value is -3.97. The van der Waals surface area contributed by atoms with Gasteiger partial charge in [0.25, 0.3) is 0 Å². The van der Waals surface area contributed by atoms with Gasteiger partial charge in [-0.25, -0.2) is 4.98 Å². The number of pyridine rings is 1. The van der Waals surface area contributed by atoms with Gasteiger partial charge in [0.15, 0.2) is 0 Å². The number of hydrogen-bond donors (Lipinski definition) is 1. The number of rotatable bonds is 8. The van der Waals surface area contributed by atoms with Crippen molar-refractivity contribution in [3.8, 4) is 17.2 Å². The number of ether oxygens (including phenoxy) is 1. The second kappa shape index (κ2) is 10.5. The summed E-state index contributed by atoms with van der Waals surface area (Å²) in [5.41, 5.74) is 5.52. The minimum Gasteiger partial charge on any atom is -0.487 e. The monoisotopic (exact) mass is 534 g/mol. The van der Waals surface area contributed by atoms with Crippen LogP contribution in [0, 0.1) is 11.8 Å². The number of amides is 1. The van der Waals surface area contributed by atoms with Crippen LogP contribution in [0.2, 0.25) is 0 Å². The third kappa shape index (κ3) is 4.79. The van der Waals surface area contributed by atoms with Gasteiger partial charge in [0.2, 0.25) is 11.8 Å². The van der Waals surface area contributed by atoms with Gasteiger partial charge in [0.1, 0.15) is 18.6 Å². The van der Waals surface area contributed by atoms with Crippen molar-refractivity contribution in [1.29, 1.82) is 0 Å². The fraction of sp³-hybridized carbons (Fsp3) is 0.364. The molecule has 1 saturated heterocycles. The molecule has 3 fully saturated rings. The number of carbonyl (C=O) groups excluding carboxylic acids is 1. The fourth-order valence-electron chi connectivity index (χ4n) is 7.17. The van der Waals surface area contributed by atoms with Gasteiger partial charge >= 0.3 is 0 Å². The Bertz CT molecular complexity index is 1470. The molecule has 0 spiro atoms. The minimum absolute atomic E-state index is 0.0253. The van der Waals surface area contributed by atoms with E-state index in [1.54, 1.807) is 12.5 Å². The maximum atomic E-state index is 11.7. The van der Waals surface area contributed by atoms with Crippen molar-refractivity contribution in [3.63, 3.8) is 0 Å². The van der Waals surface area contributed by atoms with Gasteiger partial charge < -0.3 is 14.5 Å². The normalized spacial score (nSPS) is 24.2. The predicted molar refractivity (Wildman–Crippen MR) is 151 cm³/mol. The lowest BCUT2D eigenvalue weighted by Gasteiger charge is -2.39. The smallest absolute Gasteiger partial charge is 0.234 e. The molecule has 40 heavy (non-hydrogen) atoms. The SMILES string of the molecule is O=C1CN(Cc2coc(-c3ccc([C@]4(c5ccc(OCc6ccccn6)cc5)C[C@@H]5CC[C@H]4C5)cc3)n2)CCN1. The molecule has 7 nitrogen and oxygen atoms in total. The van der Waals surface area contributed by atoms with Crippen LogP contribution in [0.4, 0.5) is 0 Å². The first-order valence-electron chi connectivity index (χ1n) is 14.3. The van der Waals surface area contributed by atoms with E-state index in [9.17, 15) is 4.79 Å². The standard InChI is InChI=1S/C33H34N4O3/c38-31-20-37(16-15-35-31)19-29-22-40-32(36-29)24-5-8-25(9-6-24)33(18-23-4-7-27(33)17-23)26-10-12-30(13-11-26)39-21-28-3-1-2-14-34-28/h1-3,5-6,8-14,22-23,27H,4,7,15-21H2,(H,35,38)/t23-,27+,33+/m1/s1. The summed E-state index contributed by atoms with van der Waals surface area (Å²) in [5, 5.41) is 2.86. The molecule has 1 N–H and O–H groups in total. The molecule has 3 heterocycles. The number of piperazine rings is 1. The van der Waals surface area contributed by atoms with E-state index in [0.29, 0.717) is 38.0 Å². The largest absolute Gasteiger partial charge is 0.487 e. The first-order valence-corrected chi connectivity index (χ1v) is 14.3. The van der Waals surface area contributed by atoms with Gasteiger partial charge in [-0.1, -0.05) is 36.8 Å². The van der Waals surface area contributed by atoms with Gasteiger partial charge in [0.05, 0.1) is 17.9 Å². The molecule has 3 aliphatic rings. The molecule has 0 unspecified atom stereocenters. The quantitative estimate of drug-likeness (QED) is 0.328. The maximum Gasteiger partial charge on any atom is 0.234 e. The molecule has 1 amide bonds. The Morgan fingerprint density at radius 2 is 1.82 bits per heavy atom. The van der Waals surface area contributed by atoms with Crippen molar-refractivity contribution in [2.75, 3.05) is 19.6 Å². The summed E-state index contributed by atoms with van der Waals surface area (Å²) >= 11 is 0. The third-order valence-electron chi connectivity index (χ3n) is 9.03. The Labute approximate surface area is 234 Å². The average molecular weight is 535 g/mol. The molecular weight excluding hydrogens is 500 g/mol. The lowest BCUT2D eigenvalue weighted by molar-refractivity contribution is -0.124. The Morgan fingerprint density at radius 3 is 2.52 bits per heavy atom. The maximum absolute atomic E-state index is 11.7. The first-order chi connectivity index (χ1) is 19.7. The number of fused-ring (bicyclic) bond motifs is 2. The van der Waals surface area contributed by atoms with Crippen molar-refractivity contribution in [2.24, 2.45) is 11.8 Å². The summed E-state index contributed by atoms with van der Waals surface area (Å²) in [6.45, 7) is 2.98. The van der Waals surface area contributed by atoms with Gasteiger partial charge in [-0.2, -0.15) is 0 Å². The van der Waals surface area contributed by atoms with Crippen LogP contribution < -0.4 is 10.1 Å². The Morgan fingerprint density at radius 1 is 1.00 bits per heavy atom. The molecule has 1 aliphatic heterocycles. The zero-order chi connectivity index (χ0) is 26.9. The molecule has 0 radical (unpaired) electrons.